The Bertz CT molecular complexity index is 464. The van der Waals surface area contributed by atoms with Gasteiger partial charge >= 0.3 is 0 Å². The van der Waals surface area contributed by atoms with E-state index in [9.17, 15) is 0 Å². The predicted octanol–water partition coefficient (Wildman–Crippen LogP) is 13.9. The molecule has 0 aromatic heterocycles. The van der Waals surface area contributed by atoms with Crippen molar-refractivity contribution in [3.8, 4) is 0 Å². The van der Waals surface area contributed by atoms with Gasteiger partial charge in [0, 0.05) is 0 Å². The Balaban J connectivity index is 4.57. The minimum Gasteiger partial charge on any atom is -0.376 e. The van der Waals surface area contributed by atoms with E-state index in [0.717, 1.165) is 6.61 Å². The molecule has 0 aliphatic heterocycles. The molecule has 0 aromatic rings. The number of unbranched alkanes of at least 4 members (excludes halogenated alkanes) is 22. The van der Waals surface area contributed by atoms with Crippen LogP contribution >= 0.6 is 0 Å². The van der Waals surface area contributed by atoms with Crippen LogP contribution in [0.2, 0.25) is 0 Å². The number of hydrogen-bond donors (Lipinski definition) is 0. The van der Waals surface area contributed by atoms with Crippen LogP contribution in [-0.4, -0.2) is 24.9 Å². The lowest BCUT2D eigenvalue weighted by atomic mass is 10.0. The van der Waals surface area contributed by atoms with Crippen LogP contribution in [0.1, 0.15) is 227 Å². The maximum Gasteiger partial charge on any atom is 0.0784 e. The zero-order valence-corrected chi connectivity index (χ0v) is 29.5. The molecule has 3 unspecified atom stereocenters. The van der Waals surface area contributed by atoms with Crippen LogP contribution in [0.3, 0.4) is 0 Å². The molecule has 0 heterocycles. The lowest BCUT2D eigenvalue weighted by molar-refractivity contribution is -0.0758. The van der Waals surface area contributed by atoms with Gasteiger partial charge in [0.05, 0.1) is 24.9 Å². The Morgan fingerprint density at radius 3 is 0.927 bits per heavy atom. The van der Waals surface area contributed by atoms with Crippen molar-refractivity contribution in [2.24, 2.45) is 0 Å². The summed E-state index contributed by atoms with van der Waals surface area (Å²) in [4.78, 5) is 0. The van der Waals surface area contributed by atoms with E-state index in [1.165, 1.54) is 193 Å². The quantitative estimate of drug-likeness (QED) is 0.0694. The molecule has 2 nitrogen and oxygen atoms in total. The van der Waals surface area contributed by atoms with E-state index in [-0.39, 0.29) is 6.10 Å². The van der Waals surface area contributed by atoms with Crippen molar-refractivity contribution >= 4 is 0 Å². The van der Waals surface area contributed by atoms with Crippen LogP contribution < -0.4 is 0 Å². The van der Waals surface area contributed by atoms with E-state index in [4.69, 9.17) is 9.47 Å². The van der Waals surface area contributed by atoms with Gasteiger partial charge in [0.2, 0.25) is 0 Å². The van der Waals surface area contributed by atoms with E-state index in [1.807, 2.05) is 0 Å². The van der Waals surface area contributed by atoms with E-state index < -0.39 is 0 Å². The van der Waals surface area contributed by atoms with Gasteiger partial charge in [-0.1, -0.05) is 195 Å². The Kier molecular flexibility index (Phi) is 34.3. The molecule has 248 valence electrons. The van der Waals surface area contributed by atoms with Crippen molar-refractivity contribution in [2.45, 2.75) is 246 Å². The van der Waals surface area contributed by atoms with E-state index in [2.05, 4.69) is 34.6 Å². The van der Waals surface area contributed by atoms with Gasteiger partial charge in [-0.2, -0.15) is 0 Å². The number of ether oxygens (including phenoxy) is 2. The summed E-state index contributed by atoms with van der Waals surface area (Å²) in [6.45, 7) is 12.3. The first-order chi connectivity index (χ1) is 20.2. The highest BCUT2D eigenvalue weighted by molar-refractivity contribution is 4.66. The fourth-order valence-electron chi connectivity index (χ4n) is 6.19. The third-order valence-electron chi connectivity index (χ3n) is 9.01. The summed E-state index contributed by atoms with van der Waals surface area (Å²) in [6.07, 6.45) is 41.9. The molecule has 0 N–H and O–H groups in total. The van der Waals surface area contributed by atoms with Crippen LogP contribution in [0.5, 0.6) is 0 Å². The molecule has 0 fully saturated rings. The Labute approximate surface area is 261 Å². The molecule has 0 aliphatic carbocycles. The molecular formula is C39H80O2. The normalized spacial score (nSPS) is 14.0. The van der Waals surface area contributed by atoms with E-state index in [1.54, 1.807) is 0 Å². The topological polar surface area (TPSA) is 18.5 Å². The molecule has 0 spiro atoms. The number of hydrogen-bond acceptors (Lipinski definition) is 2. The lowest BCUT2D eigenvalue weighted by Gasteiger charge is -2.25. The lowest BCUT2D eigenvalue weighted by Crippen LogP contribution is -2.27. The molecule has 2 heteroatoms. The summed E-state index contributed by atoms with van der Waals surface area (Å²) >= 11 is 0. The Morgan fingerprint density at radius 1 is 0.341 bits per heavy atom. The highest BCUT2D eigenvalue weighted by atomic mass is 16.5. The first-order valence-corrected chi connectivity index (χ1v) is 19.4. The molecule has 41 heavy (non-hydrogen) atoms. The average molecular weight is 581 g/mol. The molecule has 0 rings (SSSR count). The molecule has 3 atom stereocenters. The zero-order chi connectivity index (χ0) is 30.1. The average Bonchev–Trinajstić information content (AvgIpc) is 2.97. The van der Waals surface area contributed by atoms with Crippen LogP contribution in [0.25, 0.3) is 0 Å². The predicted molar refractivity (Wildman–Crippen MR) is 185 cm³/mol. The Hall–Kier alpha value is -0.0800. The third kappa shape index (κ3) is 31.2. The van der Waals surface area contributed by atoms with Crippen LogP contribution in [0, 0.1) is 0 Å². The molecule has 0 radical (unpaired) electrons. The smallest absolute Gasteiger partial charge is 0.0784 e. The summed E-state index contributed by atoms with van der Waals surface area (Å²) in [5, 5.41) is 0. The molecule has 0 aliphatic rings. The van der Waals surface area contributed by atoms with Crippen LogP contribution in [0.4, 0.5) is 0 Å². The highest BCUT2D eigenvalue weighted by Crippen LogP contribution is 2.21. The molecule has 0 aromatic carbocycles. The largest absolute Gasteiger partial charge is 0.376 e. The maximum absolute atomic E-state index is 6.70. The summed E-state index contributed by atoms with van der Waals surface area (Å²) in [7, 11) is 0. The van der Waals surface area contributed by atoms with Crippen molar-refractivity contribution in [2.75, 3.05) is 6.61 Å². The van der Waals surface area contributed by atoms with Gasteiger partial charge in [-0.15, -0.1) is 0 Å². The third-order valence-corrected chi connectivity index (χ3v) is 9.01. The van der Waals surface area contributed by atoms with Gasteiger partial charge < -0.3 is 9.47 Å². The highest BCUT2D eigenvalue weighted by Gasteiger charge is 2.16. The summed E-state index contributed by atoms with van der Waals surface area (Å²) in [5.41, 5.74) is 0. The second kappa shape index (κ2) is 34.4. The molecule has 0 saturated heterocycles. The number of rotatable bonds is 35. The summed E-state index contributed by atoms with van der Waals surface area (Å²) < 4.78 is 13.3. The van der Waals surface area contributed by atoms with E-state index >= 15 is 0 Å². The first-order valence-electron chi connectivity index (χ1n) is 19.4. The standard InChI is InChI=1S/C39H80O2/c1-6-10-14-18-22-26-29-33-38(32-28-24-20-16-12-8-3)40-36-37(5)41-39(34-30-25-21-17-13-9-4)35-31-27-23-19-15-11-7-2/h37-39H,6-36H2,1-5H3. The van der Waals surface area contributed by atoms with Gasteiger partial charge in [0.15, 0.2) is 0 Å². The molecular weight excluding hydrogens is 500 g/mol. The van der Waals surface area contributed by atoms with E-state index in [0.29, 0.717) is 12.2 Å². The van der Waals surface area contributed by atoms with Crippen LogP contribution in [-0.2, 0) is 9.47 Å². The van der Waals surface area contributed by atoms with Gasteiger partial charge in [-0.3, -0.25) is 0 Å². The Morgan fingerprint density at radius 2 is 0.610 bits per heavy atom. The summed E-state index contributed by atoms with van der Waals surface area (Å²) in [5.74, 6) is 0. The summed E-state index contributed by atoms with van der Waals surface area (Å²) in [6, 6.07) is 0. The van der Waals surface area contributed by atoms with Gasteiger partial charge in [0.25, 0.3) is 0 Å². The minimum absolute atomic E-state index is 0.214. The van der Waals surface area contributed by atoms with Gasteiger partial charge in [-0.25, -0.2) is 0 Å². The van der Waals surface area contributed by atoms with Crippen molar-refractivity contribution in [3.05, 3.63) is 0 Å². The molecule has 0 bridgehead atoms. The van der Waals surface area contributed by atoms with Gasteiger partial charge in [0.1, 0.15) is 0 Å². The van der Waals surface area contributed by atoms with Crippen molar-refractivity contribution < 1.29 is 9.47 Å². The molecule has 0 amide bonds. The zero-order valence-electron chi connectivity index (χ0n) is 29.5. The minimum atomic E-state index is 0.214. The van der Waals surface area contributed by atoms with Crippen molar-refractivity contribution in [1.29, 1.82) is 0 Å². The first kappa shape index (κ1) is 40.9. The van der Waals surface area contributed by atoms with Crippen LogP contribution in [0.15, 0.2) is 0 Å². The second-order valence-electron chi connectivity index (χ2n) is 13.5. The monoisotopic (exact) mass is 581 g/mol. The SMILES string of the molecule is CCCCCCCCCC(CCCCCCCC)OCC(C)OC(CCCCCCCC)CCCCCCCCC. The molecule has 0 saturated carbocycles. The maximum atomic E-state index is 6.70. The fourth-order valence-corrected chi connectivity index (χ4v) is 6.19. The fraction of sp³-hybridized carbons (Fsp3) is 1.00. The van der Waals surface area contributed by atoms with Crippen molar-refractivity contribution in [1.82, 2.24) is 0 Å². The van der Waals surface area contributed by atoms with Crippen molar-refractivity contribution in [3.63, 3.8) is 0 Å². The second-order valence-corrected chi connectivity index (χ2v) is 13.5. The van der Waals surface area contributed by atoms with Gasteiger partial charge in [-0.05, 0) is 32.6 Å².